The van der Waals surface area contributed by atoms with Gasteiger partial charge >= 0.3 is 0 Å². The van der Waals surface area contributed by atoms with Crippen molar-refractivity contribution in [2.75, 3.05) is 14.2 Å². The summed E-state index contributed by atoms with van der Waals surface area (Å²) < 4.78 is 11.5. The van der Waals surface area contributed by atoms with Crippen molar-refractivity contribution in [2.45, 2.75) is 19.8 Å². The molecule has 0 fully saturated rings. The summed E-state index contributed by atoms with van der Waals surface area (Å²) in [5.74, 6) is 1.03. The molecule has 3 aromatic rings. The summed E-state index contributed by atoms with van der Waals surface area (Å²) in [4.78, 5) is 28.4. The Labute approximate surface area is 166 Å². The molecule has 0 atom stereocenters. The molecule has 2 aromatic carbocycles. The monoisotopic (exact) mass is 396 g/mol. The van der Waals surface area contributed by atoms with Crippen molar-refractivity contribution in [1.29, 1.82) is 0 Å². The topological polar surface area (TPSA) is 109 Å². The molecule has 0 aliphatic carbocycles. The molecular weight excluding hydrogens is 376 g/mol. The van der Waals surface area contributed by atoms with Crippen molar-refractivity contribution in [3.05, 3.63) is 68.3 Å². The molecule has 0 aliphatic rings. The molecule has 9 heteroatoms. The fourth-order valence-electron chi connectivity index (χ4n) is 2.94. The van der Waals surface area contributed by atoms with E-state index in [2.05, 4.69) is 10.1 Å². The summed E-state index contributed by atoms with van der Waals surface area (Å²) in [5, 5.41) is 16.1. The number of methoxy groups -OCH3 is 2. The number of para-hydroxylation sites is 1. The van der Waals surface area contributed by atoms with Crippen molar-refractivity contribution in [3.63, 3.8) is 0 Å². The summed E-state index contributed by atoms with van der Waals surface area (Å²) in [5.41, 5.74) is 0.211. The van der Waals surface area contributed by atoms with E-state index in [1.165, 1.54) is 37.2 Å². The van der Waals surface area contributed by atoms with Gasteiger partial charge in [0.25, 0.3) is 11.2 Å². The minimum absolute atomic E-state index is 0.176. The number of aromatic nitrogens is 2. The highest BCUT2D eigenvalue weighted by Gasteiger charge is 2.19. The van der Waals surface area contributed by atoms with Crippen LogP contribution in [0.1, 0.15) is 24.7 Å². The van der Waals surface area contributed by atoms with E-state index in [0.29, 0.717) is 28.9 Å². The third-order valence-electron chi connectivity index (χ3n) is 4.34. The van der Waals surface area contributed by atoms with E-state index >= 15 is 0 Å². The van der Waals surface area contributed by atoms with E-state index in [1.54, 1.807) is 18.2 Å². The van der Waals surface area contributed by atoms with Crippen LogP contribution in [0.3, 0.4) is 0 Å². The standard InChI is InChI=1S/C20H20N4O5/c1-4-7-19-22-15-9-6-5-8-14(15)20(25)23(19)21-12-13-10-17(28-2)18(29-3)11-16(13)24(26)27/h5-6,8-12H,4,7H2,1-3H3/b21-12-. The zero-order chi connectivity index (χ0) is 21.0. The van der Waals surface area contributed by atoms with Crippen LogP contribution in [0.2, 0.25) is 0 Å². The number of ether oxygens (including phenoxy) is 2. The number of nitro benzene ring substituents is 1. The van der Waals surface area contributed by atoms with Crippen LogP contribution in [0.15, 0.2) is 46.3 Å². The second-order valence-corrected chi connectivity index (χ2v) is 6.18. The highest BCUT2D eigenvalue weighted by Crippen LogP contribution is 2.33. The molecule has 0 spiro atoms. The van der Waals surface area contributed by atoms with Crippen molar-refractivity contribution in [3.8, 4) is 11.5 Å². The second-order valence-electron chi connectivity index (χ2n) is 6.18. The minimum Gasteiger partial charge on any atom is -0.493 e. The summed E-state index contributed by atoms with van der Waals surface area (Å²) in [6.07, 6.45) is 2.55. The lowest BCUT2D eigenvalue weighted by Crippen LogP contribution is -2.22. The van der Waals surface area contributed by atoms with Crippen LogP contribution < -0.4 is 15.0 Å². The number of benzene rings is 2. The molecule has 0 radical (unpaired) electrons. The van der Waals surface area contributed by atoms with E-state index in [-0.39, 0.29) is 22.6 Å². The van der Waals surface area contributed by atoms with Gasteiger partial charge in [0.2, 0.25) is 0 Å². The van der Waals surface area contributed by atoms with Crippen LogP contribution in [0.4, 0.5) is 5.69 Å². The fraction of sp³-hybridized carbons (Fsp3) is 0.250. The smallest absolute Gasteiger partial charge is 0.282 e. The van der Waals surface area contributed by atoms with Crippen LogP contribution in [0.25, 0.3) is 10.9 Å². The van der Waals surface area contributed by atoms with E-state index < -0.39 is 4.92 Å². The zero-order valence-electron chi connectivity index (χ0n) is 16.3. The quantitative estimate of drug-likeness (QED) is 0.345. The Hall–Kier alpha value is -3.75. The largest absolute Gasteiger partial charge is 0.493 e. The van der Waals surface area contributed by atoms with E-state index in [1.807, 2.05) is 13.0 Å². The summed E-state index contributed by atoms with van der Waals surface area (Å²) >= 11 is 0. The summed E-state index contributed by atoms with van der Waals surface area (Å²) in [7, 11) is 2.83. The maximum absolute atomic E-state index is 12.9. The van der Waals surface area contributed by atoms with Crippen molar-refractivity contribution >= 4 is 22.8 Å². The molecule has 0 unspecified atom stereocenters. The first-order chi connectivity index (χ1) is 14.0. The van der Waals surface area contributed by atoms with E-state index in [9.17, 15) is 14.9 Å². The molecule has 0 amide bonds. The first-order valence-corrected chi connectivity index (χ1v) is 8.95. The van der Waals surface area contributed by atoms with Gasteiger partial charge in [-0.25, -0.2) is 4.98 Å². The van der Waals surface area contributed by atoms with Crippen molar-refractivity contribution in [2.24, 2.45) is 5.10 Å². The summed E-state index contributed by atoms with van der Waals surface area (Å²) in [6, 6.07) is 9.70. The molecule has 0 N–H and O–H groups in total. The Morgan fingerprint density at radius 3 is 2.55 bits per heavy atom. The fourth-order valence-corrected chi connectivity index (χ4v) is 2.94. The highest BCUT2D eigenvalue weighted by molar-refractivity contribution is 5.87. The molecule has 9 nitrogen and oxygen atoms in total. The van der Waals surface area contributed by atoms with Gasteiger partial charge in [-0.3, -0.25) is 14.9 Å². The molecule has 1 heterocycles. The number of fused-ring (bicyclic) bond motifs is 1. The molecule has 0 saturated heterocycles. The van der Waals surface area contributed by atoms with Crippen LogP contribution in [0, 0.1) is 10.1 Å². The van der Waals surface area contributed by atoms with E-state index in [0.717, 1.165) is 6.42 Å². The Morgan fingerprint density at radius 1 is 1.21 bits per heavy atom. The molecule has 0 aliphatic heterocycles. The van der Waals surface area contributed by atoms with Gasteiger partial charge in [-0.1, -0.05) is 19.1 Å². The number of rotatable bonds is 7. The normalized spacial score (nSPS) is 11.1. The number of aryl methyl sites for hydroxylation is 1. The molecule has 3 rings (SSSR count). The van der Waals surface area contributed by atoms with Crippen molar-refractivity contribution in [1.82, 2.24) is 9.66 Å². The van der Waals surface area contributed by atoms with Gasteiger partial charge in [0, 0.05) is 6.42 Å². The number of nitro groups is 1. The Balaban J connectivity index is 2.18. The Kier molecular flexibility index (Phi) is 5.87. The maximum Gasteiger partial charge on any atom is 0.282 e. The van der Waals surface area contributed by atoms with Gasteiger partial charge in [0.05, 0.1) is 47.9 Å². The van der Waals surface area contributed by atoms with Gasteiger partial charge in [0.15, 0.2) is 11.5 Å². The van der Waals surface area contributed by atoms with Crippen LogP contribution in [-0.4, -0.2) is 35.0 Å². The summed E-state index contributed by atoms with van der Waals surface area (Å²) in [6.45, 7) is 1.97. The lowest BCUT2D eigenvalue weighted by atomic mass is 10.1. The third kappa shape index (κ3) is 3.93. The maximum atomic E-state index is 12.9. The van der Waals surface area contributed by atoms with Crippen molar-refractivity contribution < 1.29 is 14.4 Å². The lowest BCUT2D eigenvalue weighted by Gasteiger charge is -2.10. The van der Waals surface area contributed by atoms with Gasteiger partial charge in [-0.05, 0) is 24.6 Å². The van der Waals surface area contributed by atoms with Gasteiger partial charge in [-0.2, -0.15) is 9.78 Å². The molecule has 0 saturated carbocycles. The Morgan fingerprint density at radius 2 is 1.90 bits per heavy atom. The number of hydrogen-bond acceptors (Lipinski definition) is 7. The van der Waals surface area contributed by atoms with Crippen LogP contribution in [-0.2, 0) is 6.42 Å². The molecule has 29 heavy (non-hydrogen) atoms. The van der Waals surface area contributed by atoms with Gasteiger partial charge < -0.3 is 9.47 Å². The molecular formula is C20H20N4O5. The van der Waals surface area contributed by atoms with Crippen LogP contribution in [0.5, 0.6) is 11.5 Å². The third-order valence-corrected chi connectivity index (χ3v) is 4.34. The first-order valence-electron chi connectivity index (χ1n) is 8.95. The first kappa shape index (κ1) is 20.0. The predicted octanol–water partition coefficient (Wildman–Crippen LogP) is 3.16. The minimum atomic E-state index is -0.544. The molecule has 150 valence electrons. The average Bonchev–Trinajstić information content (AvgIpc) is 2.73. The molecule has 1 aromatic heterocycles. The average molecular weight is 396 g/mol. The van der Waals surface area contributed by atoms with Gasteiger partial charge in [0.1, 0.15) is 5.82 Å². The lowest BCUT2D eigenvalue weighted by molar-refractivity contribution is -0.385. The highest BCUT2D eigenvalue weighted by atomic mass is 16.6. The van der Waals surface area contributed by atoms with Gasteiger partial charge in [-0.15, -0.1) is 0 Å². The second kappa shape index (κ2) is 8.51. The predicted molar refractivity (Wildman–Crippen MR) is 109 cm³/mol. The SMILES string of the molecule is CCCc1nc2ccccc2c(=O)n1/N=C\c1cc(OC)c(OC)cc1[N+](=O)[O-]. The van der Waals surface area contributed by atoms with E-state index in [4.69, 9.17) is 9.47 Å². The molecule has 0 bridgehead atoms. The Bertz CT molecular complexity index is 1150. The zero-order valence-corrected chi connectivity index (χ0v) is 16.3. The van der Waals surface area contributed by atoms with Crippen LogP contribution >= 0.6 is 0 Å². The number of nitrogens with zero attached hydrogens (tertiary/aromatic N) is 4. The number of hydrogen-bond donors (Lipinski definition) is 0.